The molecule has 4 heteroatoms. The van der Waals surface area contributed by atoms with E-state index in [1.807, 2.05) is 6.07 Å². The highest BCUT2D eigenvalue weighted by Gasteiger charge is 2.51. The molecule has 1 aliphatic heterocycles. The van der Waals surface area contributed by atoms with E-state index in [9.17, 15) is 0 Å². The van der Waals surface area contributed by atoms with Crippen molar-refractivity contribution in [2.45, 2.75) is 19.3 Å². The van der Waals surface area contributed by atoms with E-state index >= 15 is 0 Å². The summed E-state index contributed by atoms with van der Waals surface area (Å²) in [6.07, 6.45) is 0. The number of rotatable bonds is 5. The summed E-state index contributed by atoms with van der Waals surface area (Å²) in [5.74, 6) is 3.46. The SMILES string of the molecule is Cc1cc(C)nc(-n2c(-c3ccc(-c4ccc5c(c4)C4(c6ccccc6O5)c5ccccc5-c5ccccc54)cc3)nc(-c3ccccc3)c2-c2ccccc2)c1. The Bertz CT molecular complexity index is 2930. The maximum absolute atomic E-state index is 6.70. The largest absolute Gasteiger partial charge is 0.457 e. The van der Waals surface area contributed by atoms with Gasteiger partial charge in [0.05, 0.1) is 16.8 Å². The number of imidazole rings is 1. The minimum atomic E-state index is -0.515. The molecule has 3 heterocycles. The van der Waals surface area contributed by atoms with Crippen LogP contribution in [0.1, 0.15) is 33.5 Å². The van der Waals surface area contributed by atoms with Gasteiger partial charge < -0.3 is 4.74 Å². The van der Waals surface area contributed by atoms with Crippen LogP contribution in [0.2, 0.25) is 0 Å². The summed E-state index contributed by atoms with van der Waals surface area (Å²) in [6, 6.07) is 67.0. The summed E-state index contributed by atoms with van der Waals surface area (Å²) in [5.41, 5.74) is 16.3. The first-order chi connectivity index (χ1) is 28.1. The highest BCUT2D eigenvalue weighted by Crippen LogP contribution is 2.62. The molecule has 270 valence electrons. The van der Waals surface area contributed by atoms with Crippen molar-refractivity contribution in [1.29, 1.82) is 0 Å². The molecule has 0 unspecified atom stereocenters. The highest BCUT2D eigenvalue weighted by atomic mass is 16.5. The van der Waals surface area contributed by atoms with Gasteiger partial charge in [0.1, 0.15) is 23.1 Å². The summed E-state index contributed by atoms with van der Waals surface area (Å²) in [7, 11) is 0. The smallest absolute Gasteiger partial charge is 0.146 e. The first-order valence-electron chi connectivity index (χ1n) is 19.5. The number of aryl methyl sites for hydroxylation is 2. The molecule has 9 aromatic rings. The molecule has 0 saturated heterocycles. The van der Waals surface area contributed by atoms with Gasteiger partial charge in [0.15, 0.2) is 0 Å². The monoisotopic (exact) mass is 731 g/mol. The fourth-order valence-electron chi connectivity index (χ4n) is 9.28. The molecule has 1 spiro atoms. The number of aromatic nitrogens is 3. The van der Waals surface area contributed by atoms with Gasteiger partial charge in [0.2, 0.25) is 0 Å². The Morgan fingerprint density at radius 3 is 1.68 bits per heavy atom. The topological polar surface area (TPSA) is 39.9 Å². The van der Waals surface area contributed by atoms with Gasteiger partial charge >= 0.3 is 0 Å². The van der Waals surface area contributed by atoms with Gasteiger partial charge in [-0.05, 0) is 83.1 Å². The highest BCUT2D eigenvalue weighted by molar-refractivity contribution is 5.89. The molecule has 0 fully saturated rings. The zero-order valence-corrected chi connectivity index (χ0v) is 31.6. The third-order valence-electron chi connectivity index (χ3n) is 11.6. The van der Waals surface area contributed by atoms with E-state index in [1.165, 1.54) is 22.3 Å². The van der Waals surface area contributed by atoms with Crippen LogP contribution in [-0.4, -0.2) is 14.5 Å². The first kappa shape index (κ1) is 33.1. The third kappa shape index (κ3) is 5.07. The van der Waals surface area contributed by atoms with Crippen LogP contribution in [0.15, 0.2) is 188 Å². The van der Waals surface area contributed by atoms with Gasteiger partial charge in [-0.25, -0.2) is 9.97 Å². The second-order valence-corrected chi connectivity index (χ2v) is 15.1. The second-order valence-electron chi connectivity index (χ2n) is 15.1. The Balaban J connectivity index is 1.09. The van der Waals surface area contributed by atoms with Crippen molar-refractivity contribution in [3.8, 4) is 73.5 Å². The zero-order valence-electron chi connectivity index (χ0n) is 31.6. The van der Waals surface area contributed by atoms with Gasteiger partial charge in [0, 0.05) is 33.5 Å². The number of hydrogen-bond acceptors (Lipinski definition) is 3. The Morgan fingerprint density at radius 2 is 1.00 bits per heavy atom. The quantitative estimate of drug-likeness (QED) is 0.177. The van der Waals surface area contributed by atoms with Crippen molar-refractivity contribution in [2.75, 3.05) is 0 Å². The number of benzene rings is 7. The van der Waals surface area contributed by atoms with Crippen LogP contribution in [0.3, 0.4) is 0 Å². The summed E-state index contributed by atoms with van der Waals surface area (Å²) >= 11 is 0. The molecule has 2 aliphatic rings. The van der Waals surface area contributed by atoms with Crippen LogP contribution >= 0.6 is 0 Å². The average molecular weight is 732 g/mol. The number of hydrogen-bond donors (Lipinski definition) is 0. The van der Waals surface area contributed by atoms with E-state index in [0.717, 1.165) is 84.7 Å². The van der Waals surface area contributed by atoms with Gasteiger partial charge in [-0.1, -0.05) is 158 Å². The van der Waals surface area contributed by atoms with Crippen molar-refractivity contribution < 1.29 is 4.74 Å². The molecule has 1 aliphatic carbocycles. The van der Waals surface area contributed by atoms with E-state index in [-0.39, 0.29) is 0 Å². The Hall–Kier alpha value is -7.30. The molecule has 11 rings (SSSR count). The standard InChI is InChI=1S/C53H37N3O/c1-34-31-35(2)54-49(32-34)56-51(38-17-7-4-8-18-38)50(37-15-5-3-6-16-37)55-52(56)39-27-25-36(26-28-39)40-29-30-48-46(33-40)53(45-23-13-14-24-47(45)57-48)43-21-11-9-19-41(43)42-20-10-12-22-44(42)53/h3-33H,1-2H3. The Kier molecular flexibility index (Phi) is 7.48. The van der Waals surface area contributed by atoms with Gasteiger partial charge in [-0.15, -0.1) is 0 Å². The van der Waals surface area contributed by atoms with Crippen LogP contribution in [0.4, 0.5) is 0 Å². The average Bonchev–Trinajstić information content (AvgIpc) is 3.80. The van der Waals surface area contributed by atoms with E-state index in [0.29, 0.717) is 0 Å². The predicted octanol–water partition coefficient (Wildman–Crippen LogP) is 13.0. The van der Waals surface area contributed by atoms with E-state index in [1.54, 1.807) is 0 Å². The minimum absolute atomic E-state index is 0.515. The summed E-state index contributed by atoms with van der Waals surface area (Å²) in [5, 5.41) is 0. The van der Waals surface area contributed by atoms with Crippen molar-refractivity contribution >= 4 is 0 Å². The normalized spacial score (nSPS) is 13.0. The summed E-state index contributed by atoms with van der Waals surface area (Å²) in [6.45, 7) is 4.18. The van der Waals surface area contributed by atoms with E-state index in [2.05, 4.69) is 200 Å². The van der Waals surface area contributed by atoms with Gasteiger partial charge in [-0.2, -0.15) is 0 Å². The van der Waals surface area contributed by atoms with Crippen molar-refractivity contribution in [1.82, 2.24) is 14.5 Å². The number of ether oxygens (including phenoxy) is 1. The van der Waals surface area contributed by atoms with Gasteiger partial charge in [-0.3, -0.25) is 4.57 Å². The molecule has 4 nitrogen and oxygen atoms in total. The van der Waals surface area contributed by atoms with E-state index < -0.39 is 5.41 Å². The third-order valence-corrected chi connectivity index (χ3v) is 11.6. The summed E-state index contributed by atoms with van der Waals surface area (Å²) in [4.78, 5) is 10.5. The maximum atomic E-state index is 6.70. The van der Waals surface area contributed by atoms with Crippen LogP contribution in [0.25, 0.3) is 62.0 Å². The molecular formula is C53H37N3O. The van der Waals surface area contributed by atoms with Crippen LogP contribution in [-0.2, 0) is 5.41 Å². The molecule has 0 amide bonds. The van der Waals surface area contributed by atoms with Crippen LogP contribution in [0.5, 0.6) is 11.5 Å². The maximum Gasteiger partial charge on any atom is 0.146 e. The van der Waals surface area contributed by atoms with E-state index in [4.69, 9.17) is 14.7 Å². The molecular weight excluding hydrogens is 695 g/mol. The zero-order chi connectivity index (χ0) is 38.1. The second kappa shape index (κ2) is 12.9. The first-order valence-corrected chi connectivity index (χ1v) is 19.5. The molecule has 0 atom stereocenters. The lowest BCUT2D eigenvalue weighted by Crippen LogP contribution is -2.32. The molecule has 7 aromatic carbocycles. The lowest BCUT2D eigenvalue weighted by molar-refractivity contribution is 0.436. The number of para-hydroxylation sites is 1. The fourth-order valence-corrected chi connectivity index (χ4v) is 9.28. The molecule has 0 saturated carbocycles. The minimum Gasteiger partial charge on any atom is -0.457 e. The number of pyridine rings is 1. The Morgan fingerprint density at radius 1 is 0.439 bits per heavy atom. The molecule has 0 radical (unpaired) electrons. The van der Waals surface area contributed by atoms with Crippen molar-refractivity contribution in [3.63, 3.8) is 0 Å². The lowest BCUT2D eigenvalue weighted by Gasteiger charge is -2.39. The summed E-state index contributed by atoms with van der Waals surface area (Å²) < 4.78 is 8.94. The molecule has 57 heavy (non-hydrogen) atoms. The predicted molar refractivity (Wildman–Crippen MR) is 230 cm³/mol. The van der Waals surface area contributed by atoms with Crippen molar-refractivity contribution in [3.05, 3.63) is 222 Å². The van der Waals surface area contributed by atoms with Crippen molar-refractivity contribution in [2.24, 2.45) is 0 Å². The molecule has 0 bridgehead atoms. The van der Waals surface area contributed by atoms with Crippen LogP contribution in [0, 0.1) is 13.8 Å². The molecule has 2 aromatic heterocycles. The number of fused-ring (bicyclic) bond motifs is 9. The number of nitrogens with zero attached hydrogens (tertiary/aromatic N) is 3. The lowest BCUT2D eigenvalue weighted by atomic mass is 9.66. The van der Waals surface area contributed by atoms with Crippen LogP contribution < -0.4 is 4.74 Å². The Labute approximate surface area is 332 Å². The van der Waals surface area contributed by atoms with Gasteiger partial charge in [0.25, 0.3) is 0 Å². The molecule has 0 N–H and O–H groups in total. The fraction of sp³-hybridized carbons (Fsp3) is 0.0566.